The van der Waals surface area contributed by atoms with E-state index >= 15 is 0 Å². The Hall–Kier alpha value is -0.420. The van der Waals surface area contributed by atoms with Gasteiger partial charge >= 0.3 is 0 Å². The number of amides is 1. The van der Waals surface area contributed by atoms with Gasteiger partial charge in [-0.1, -0.05) is 36.7 Å². The topological polar surface area (TPSA) is 55.4 Å². The molecule has 0 aliphatic heterocycles. The number of rotatable bonds is 7. The lowest BCUT2D eigenvalue weighted by atomic mass is 9.89. The average Bonchev–Trinajstić information content (AvgIpc) is 2.20. The molecule has 0 radical (unpaired) electrons. The van der Waals surface area contributed by atoms with Crippen LogP contribution in [0.2, 0.25) is 0 Å². The first-order valence-electron chi connectivity index (χ1n) is 5.31. The monoisotopic (exact) mass is 293 g/mol. The van der Waals surface area contributed by atoms with Gasteiger partial charge in [0.15, 0.2) is 0 Å². The third kappa shape index (κ3) is 7.82. The van der Waals surface area contributed by atoms with Gasteiger partial charge in [0, 0.05) is 18.4 Å². The van der Waals surface area contributed by atoms with Crippen LogP contribution in [0.15, 0.2) is 0 Å². The molecule has 0 heterocycles. The molecule has 1 N–H and O–H groups in total. The zero-order valence-electron chi connectivity index (χ0n) is 10.1. The molecule has 0 aromatic rings. The number of alkyl halides is 1. The Bertz CT molecular complexity index is 236. The summed E-state index contributed by atoms with van der Waals surface area (Å²) in [7, 11) is 0. The maximum Gasteiger partial charge on any atom is 0.230 e. The molecule has 0 saturated carbocycles. The molecule has 0 aliphatic carbocycles. The second-order valence-corrected chi connectivity index (χ2v) is 5.08. The molecule has 1 amide bonds. The first kappa shape index (κ1) is 15.6. The fraction of sp³-hybridized carbons (Fsp3) is 0.818. The Kier molecular flexibility index (Phi) is 7.58. The van der Waals surface area contributed by atoms with Crippen LogP contribution >= 0.6 is 15.9 Å². The molecular weight excluding hydrogens is 274 g/mol. The van der Waals surface area contributed by atoms with E-state index in [0.29, 0.717) is 31.5 Å². The van der Waals surface area contributed by atoms with Crippen molar-refractivity contribution in [2.24, 2.45) is 5.41 Å². The first-order chi connectivity index (χ1) is 7.38. The van der Waals surface area contributed by atoms with Crippen LogP contribution in [0.5, 0.6) is 0 Å². The molecule has 0 aromatic heterocycles. The summed E-state index contributed by atoms with van der Waals surface area (Å²) in [5, 5.41) is 2.96. The number of carbonyl (C=O) groups is 2. The normalized spacial score (nSPS) is 11.2. The average molecular weight is 294 g/mol. The van der Waals surface area contributed by atoms with E-state index in [1.807, 2.05) is 20.8 Å². The van der Waals surface area contributed by atoms with Gasteiger partial charge in [0.05, 0.1) is 18.5 Å². The van der Waals surface area contributed by atoms with Crippen molar-refractivity contribution >= 4 is 27.6 Å². The Morgan fingerprint density at radius 1 is 1.25 bits per heavy atom. The van der Waals surface area contributed by atoms with E-state index in [1.54, 1.807) is 0 Å². The van der Waals surface area contributed by atoms with Gasteiger partial charge < -0.3 is 10.1 Å². The van der Waals surface area contributed by atoms with Crippen molar-refractivity contribution in [2.75, 3.05) is 25.1 Å². The molecule has 0 unspecified atom stereocenters. The molecule has 5 heteroatoms. The molecule has 0 aliphatic rings. The molecule has 0 bridgehead atoms. The van der Waals surface area contributed by atoms with Crippen molar-refractivity contribution in [2.45, 2.75) is 27.2 Å². The summed E-state index contributed by atoms with van der Waals surface area (Å²) in [5.41, 5.74) is -0.298. The third-order valence-electron chi connectivity index (χ3n) is 2.00. The Balaban J connectivity index is 3.41. The quantitative estimate of drug-likeness (QED) is 0.572. The molecule has 0 saturated heterocycles. The number of hydrogen-bond donors (Lipinski definition) is 1. The number of ketones is 1. The van der Waals surface area contributed by atoms with Crippen LogP contribution in [0.1, 0.15) is 27.2 Å². The fourth-order valence-corrected chi connectivity index (χ4v) is 1.15. The van der Waals surface area contributed by atoms with E-state index in [2.05, 4.69) is 21.2 Å². The van der Waals surface area contributed by atoms with Crippen LogP contribution < -0.4 is 5.32 Å². The van der Waals surface area contributed by atoms with Crippen molar-refractivity contribution in [3.8, 4) is 0 Å². The van der Waals surface area contributed by atoms with E-state index in [4.69, 9.17) is 4.74 Å². The number of nitrogens with one attached hydrogen (secondary N) is 1. The van der Waals surface area contributed by atoms with Gasteiger partial charge in [-0.3, -0.25) is 9.59 Å². The molecule has 0 rings (SSSR count). The maximum absolute atomic E-state index is 11.5. The standard InChI is InChI=1S/C11H20BrNO3/c1-11(2,3)9(14)4-6-16-7-5-13-10(15)8-12/h4-8H2,1-3H3,(H,13,15). The summed E-state index contributed by atoms with van der Waals surface area (Å²) in [6.07, 6.45) is 0.426. The Morgan fingerprint density at radius 2 is 1.88 bits per heavy atom. The number of carbonyl (C=O) groups excluding carboxylic acids is 2. The predicted molar refractivity (Wildman–Crippen MR) is 66.7 cm³/mol. The van der Waals surface area contributed by atoms with Gasteiger partial charge in [0.1, 0.15) is 5.78 Å². The van der Waals surface area contributed by atoms with Crippen molar-refractivity contribution < 1.29 is 14.3 Å². The van der Waals surface area contributed by atoms with Crippen molar-refractivity contribution in [3.05, 3.63) is 0 Å². The van der Waals surface area contributed by atoms with E-state index in [-0.39, 0.29) is 17.1 Å². The van der Waals surface area contributed by atoms with Gasteiger partial charge in [-0.05, 0) is 0 Å². The van der Waals surface area contributed by atoms with Crippen molar-refractivity contribution in [1.29, 1.82) is 0 Å². The van der Waals surface area contributed by atoms with Crippen LogP contribution in [0.3, 0.4) is 0 Å². The fourth-order valence-electron chi connectivity index (χ4n) is 0.952. The lowest BCUT2D eigenvalue weighted by molar-refractivity contribution is -0.127. The maximum atomic E-state index is 11.5. The van der Waals surface area contributed by atoms with E-state index in [9.17, 15) is 9.59 Å². The molecule has 4 nitrogen and oxygen atoms in total. The highest BCUT2D eigenvalue weighted by Gasteiger charge is 2.20. The highest BCUT2D eigenvalue weighted by atomic mass is 79.9. The predicted octanol–water partition coefficient (Wildman–Crippen LogP) is 1.52. The first-order valence-corrected chi connectivity index (χ1v) is 6.43. The third-order valence-corrected chi connectivity index (χ3v) is 2.51. The minimum atomic E-state index is -0.298. The summed E-state index contributed by atoms with van der Waals surface area (Å²) in [4.78, 5) is 22.3. The van der Waals surface area contributed by atoms with Crippen LogP contribution in [-0.4, -0.2) is 36.8 Å². The van der Waals surface area contributed by atoms with Gasteiger partial charge in [0.2, 0.25) is 5.91 Å². The smallest absolute Gasteiger partial charge is 0.230 e. The van der Waals surface area contributed by atoms with Gasteiger partial charge in [-0.25, -0.2) is 0 Å². The highest BCUT2D eigenvalue weighted by Crippen LogP contribution is 2.16. The van der Waals surface area contributed by atoms with Crippen molar-refractivity contribution in [3.63, 3.8) is 0 Å². The lowest BCUT2D eigenvalue weighted by Gasteiger charge is -2.16. The summed E-state index contributed by atoms with van der Waals surface area (Å²) in [6.45, 7) is 7.02. The highest BCUT2D eigenvalue weighted by molar-refractivity contribution is 9.09. The number of hydrogen-bond acceptors (Lipinski definition) is 3. The zero-order chi connectivity index (χ0) is 12.6. The van der Waals surface area contributed by atoms with E-state index in [1.165, 1.54) is 0 Å². The zero-order valence-corrected chi connectivity index (χ0v) is 11.7. The molecular formula is C11H20BrNO3. The van der Waals surface area contributed by atoms with Crippen LogP contribution in [0, 0.1) is 5.41 Å². The van der Waals surface area contributed by atoms with Gasteiger partial charge in [0.25, 0.3) is 0 Å². The molecule has 94 valence electrons. The summed E-state index contributed by atoms with van der Waals surface area (Å²) < 4.78 is 5.24. The summed E-state index contributed by atoms with van der Waals surface area (Å²) in [5.74, 6) is 0.131. The van der Waals surface area contributed by atoms with Gasteiger partial charge in [-0.15, -0.1) is 0 Å². The molecule has 0 aromatic carbocycles. The second kappa shape index (κ2) is 7.79. The summed E-state index contributed by atoms with van der Waals surface area (Å²) in [6, 6.07) is 0. The molecule has 16 heavy (non-hydrogen) atoms. The minimum absolute atomic E-state index is 0.0608. The van der Waals surface area contributed by atoms with E-state index < -0.39 is 0 Å². The lowest BCUT2D eigenvalue weighted by Crippen LogP contribution is -2.28. The van der Waals surface area contributed by atoms with Crippen LogP contribution in [0.25, 0.3) is 0 Å². The second-order valence-electron chi connectivity index (χ2n) is 4.52. The molecule has 0 atom stereocenters. The molecule has 0 spiro atoms. The largest absolute Gasteiger partial charge is 0.379 e. The van der Waals surface area contributed by atoms with Crippen LogP contribution in [0.4, 0.5) is 0 Å². The van der Waals surface area contributed by atoms with Gasteiger partial charge in [-0.2, -0.15) is 0 Å². The Labute approximate surface area is 105 Å². The Morgan fingerprint density at radius 3 is 2.38 bits per heavy atom. The number of halogens is 1. The SMILES string of the molecule is CC(C)(C)C(=O)CCOCCNC(=O)CBr. The van der Waals surface area contributed by atoms with E-state index in [0.717, 1.165) is 0 Å². The van der Waals surface area contributed by atoms with Crippen molar-refractivity contribution in [1.82, 2.24) is 5.32 Å². The molecule has 0 fully saturated rings. The minimum Gasteiger partial charge on any atom is -0.379 e. The number of Topliss-reactive ketones (excluding diaryl/α,β-unsaturated/α-hetero) is 1. The number of ether oxygens (including phenoxy) is 1. The van der Waals surface area contributed by atoms with Crippen LogP contribution in [-0.2, 0) is 14.3 Å². The summed E-state index contributed by atoms with van der Waals surface area (Å²) >= 11 is 3.04.